The Morgan fingerprint density at radius 2 is 1.73 bits per heavy atom. The normalized spacial score (nSPS) is 12.0. The van der Waals surface area contributed by atoms with Crippen LogP contribution in [0.1, 0.15) is 26.8 Å². The summed E-state index contributed by atoms with van der Waals surface area (Å²) in [7, 11) is 0. The third-order valence-electron chi connectivity index (χ3n) is 4.23. The van der Waals surface area contributed by atoms with E-state index < -0.39 is 0 Å². The monoisotopic (exact) mass is 360 g/mol. The van der Waals surface area contributed by atoms with E-state index in [2.05, 4.69) is 10.3 Å². The fourth-order valence-electron chi connectivity index (χ4n) is 2.94. The quantitative estimate of drug-likeness (QED) is 0.575. The Bertz CT molecular complexity index is 1100. The van der Waals surface area contributed by atoms with Crippen molar-refractivity contribution in [3.63, 3.8) is 0 Å². The molecule has 2 N–H and O–H groups in total. The van der Waals surface area contributed by atoms with Gasteiger partial charge in [0.05, 0.1) is 6.04 Å². The summed E-state index contributed by atoms with van der Waals surface area (Å²) in [4.78, 5) is 29.0. The Kier molecular flexibility index (Phi) is 4.37. The highest BCUT2D eigenvalue weighted by atomic mass is 32.1. The lowest BCUT2D eigenvalue weighted by molar-refractivity contribution is 0.0942. The lowest BCUT2D eigenvalue weighted by Crippen LogP contribution is -2.33. The number of pyridine rings is 1. The van der Waals surface area contributed by atoms with Crippen LogP contribution in [0.2, 0.25) is 0 Å². The van der Waals surface area contributed by atoms with Gasteiger partial charge in [0.25, 0.3) is 11.5 Å². The van der Waals surface area contributed by atoms with Gasteiger partial charge in [-0.2, -0.15) is 0 Å². The molecular formula is C21H16N2O2S. The molecule has 4 aromatic rings. The third kappa shape index (κ3) is 3.17. The molecule has 1 atom stereocenters. The maximum Gasteiger partial charge on any atom is 0.261 e. The summed E-state index contributed by atoms with van der Waals surface area (Å²) in [6.07, 6.45) is 0. The van der Waals surface area contributed by atoms with Crippen molar-refractivity contribution in [1.82, 2.24) is 10.3 Å². The number of rotatable bonds is 4. The lowest BCUT2D eigenvalue weighted by atomic mass is 10.0. The summed E-state index contributed by atoms with van der Waals surface area (Å²) in [5, 5.41) is 5.81. The Balaban J connectivity index is 1.71. The van der Waals surface area contributed by atoms with Crippen molar-refractivity contribution in [2.24, 2.45) is 0 Å². The Labute approximate surface area is 154 Å². The van der Waals surface area contributed by atoms with Crippen molar-refractivity contribution in [2.75, 3.05) is 0 Å². The molecule has 0 aliphatic heterocycles. The molecule has 0 aliphatic rings. The van der Waals surface area contributed by atoms with Crippen LogP contribution >= 0.6 is 11.3 Å². The van der Waals surface area contributed by atoms with Crippen molar-refractivity contribution in [3.05, 3.63) is 105 Å². The molecule has 0 fully saturated rings. The Hall–Kier alpha value is -3.18. The number of nitrogens with one attached hydrogen (secondary N) is 2. The van der Waals surface area contributed by atoms with Gasteiger partial charge in [0.2, 0.25) is 0 Å². The molecule has 5 heteroatoms. The molecule has 4 rings (SSSR count). The maximum atomic E-state index is 12.9. The van der Waals surface area contributed by atoms with Gasteiger partial charge in [-0.15, -0.1) is 11.3 Å². The van der Waals surface area contributed by atoms with E-state index >= 15 is 0 Å². The smallest absolute Gasteiger partial charge is 0.261 e. The molecular weight excluding hydrogens is 344 g/mol. The zero-order chi connectivity index (χ0) is 17.9. The van der Waals surface area contributed by atoms with Crippen LogP contribution in [0.3, 0.4) is 0 Å². The number of amides is 1. The molecule has 0 bridgehead atoms. The van der Waals surface area contributed by atoms with Gasteiger partial charge < -0.3 is 10.3 Å². The molecule has 0 saturated carbocycles. The number of thiophene rings is 1. The number of aromatic nitrogens is 1. The average Bonchev–Trinajstić information content (AvgIpc) is 3.20. The van der Waals surface area contributed by atoms with E-state index in [1.54, 1.807) is 17.4 Å². The van der Waals surface area contributed by atoms with Crippen LogP contribution in [0.25, 0.3) is 10.9 Å². The first-order valence-electron chi connectivity index (χ1n) is 8.23. The minimum Gasteiger partial charge on any atom is -0.340 e. The van der Waals surface area contributed by atoms with Gasteiger partial charge in [0, 0.05) is 10.4 Å². The van der Waals surface area contributed by atoms with Crippen LogP contribution < -0.4 is 10.9 Å². The van der Waals surface area contributed by atoms with Crippen LogP contribution in [-0.4, -0.2) is 10.9 Å². The second-order valence-corrected chi connectivity index (χ2v) is 6.91. The van der Waals surface area contributed by atoms with Gasteiger partial charge in [-0.1, -0.05) is 54.6 Å². The van der Waals surface area contributed by atoms with Gasteiger partial charge in [-0.3, -0.25) is 9.59 Å². The number of hydrogen-bond donors (Lipinski definition) is 2. The fourth-order valence-corrected chi connectivity index (χ4v) is 3.75. The average molecular weight is 360 g/mol. The van der Waals surface area contributed by atoms with Gasteiger partial charge in [-0.25, -0.2) is 0 Å². The van der Waals surface area contributed by atoms with Gasteiger partial charge >= 0.3 is 0 Å². The van der Waals surface area contributed by atoms with E-state index in [4.69, 9.17) is 0 Å². The van der Waals surface area contributed by atoms with E-state index in [-0.39, 0.29) is 23.1 Å². The van der Waals surface area contributed by atoms with E-state index in [0.29, 0.717) is 5.52 Å². The van der Waals surface area contributed by atoms with E-state index in [0.717, 1.165) is 15.8 Å². The minimum absolute atomic E-state index is 0.112. The predicted octanol–water partition coefficient (Wildman–Crippen LogP) is 4.11. The molecule has 2 heterocycles. The van der Waals surface area contributed by atoms with Crippen LogP contribution in [0, 0.1) is 0 Å². The third-order valence-corrected chi connectivity index (χ3v) is 5.17. The zero-order valence-corrected chi connectivity index (χ0v) is 14.6. The molecule has 0 aliphatic carbocycles. The molecule has 0 spiro atoms. The highest BCUT2D eigenvalue weighted by molar-refractivity contribution is 7.10. The van der Waals surface area contributed by atoms with Crippen LogP contribution in [0.5, 0.6) is 0 Å². The number of benzene rings is 2. The second-order valence-electron chi connectivity index (χ2n) is 5.93. The lowest BCUT2D eigenvalue weighted by Gasteiger charge is -2.18. The fraction of sp³-hybridized carbons (Fsp3) is 0.0476. The highest BCUT2D eigenvalue weighted by Gasteiger charge is 2.20. The molecule has 0 unspecified atom stereocenters. The number of hydrogen-bond acceptors (Lipinski definition) is 3. The van der Waals surface area contributed by atoms with Crippen LogP contribution in [0.15, 0.2) is 83.0 Å². The van der Waals surface area contributed by atoms with E-state index in [1.807, 2.05) is 72.1 Å². The number of para-hydroxylation sites is 1. The van der Waals surface area contributed by atoms with Gasteiger partial charge in [-0.05, 0) is 34.5 Å². The Morgan fingerprint density at radius 3 is 2.50 bits per heavy atom. The first-order valence-corrected chi connectivity index (χ1v) is 9.11. The molecule has 1 amide bonds. The summed E-state index contributed by atoms with van der Waals surface area (Å²) >= 11 is 1.57. The summed E-state index contributed by atoms with van der Waals surface area (Å²) in [5.41, 5.74) is 1.41. The summed E-state index contributed by atoms with van der Waals surface area (Å²) in [6.45, 7) is 0. The molecule has 26 heavy (non-hydrogen) atoms. The van der Waals surface area contributed by atoms with Gasteiger partial charge in [0.15, 0.2) is 0 Å². The second kappa shape index (κ2) is 6.98. The van der Waals surface area contributed by atoms with Crippen molar-refractivity contribution in [3.8, 4) is 0 Å². The standard InChI is InChI=1S/C21H16N2O2S/c24-20-16(13-15-9-4-5-10-17(15)22-20)21(25)23-19(18-11-6-12-26-18)14-7-2-1-3-8-14/h1-13,19H,(H,22,24)(H,23,25)/t19-/m1/s1. The SMILES string of the molecule is O=C(N[C@H](c1ccccc1)c1cccs1)c1cc2ccccc2[nH]c1=O. The minimum atomic E-state index is -0.390. The van der Waals surface area contributed by atoms with Crippen LogP contribution in [0.4, 0.5) is 0 Å². The molecule has 128 valence electrons. The Morgan fingerprint density at radius 1 is 0.962 bits per heavy atom. The first kappa shape index (κ1) is 16.3. The molecule has 2 aromatic heterocycles. The summed E-state index contributed by atoms with van der Waals surface area (Å²) in [5.74, 6) is -0.390. The van der Waals surface area contributed by atoms with Crippen molar-refractivity contribution < 1.29 is 4.79 Å². The van der Waals surface area contributed by atoms with Crippen molar-refractivity contribution in [2.45, 2.75) is 6.04 Å². The van der Waals surface area contributed by atoms with Crippen molar-refractivity contribution in [1.29, 1.82) is 0 Å². The molecule has 2 aromatic carbocycles. The number of carbonyl (C=O) groups excluding carboxylic acids is 1. The first-order chi connectivity index (χ1) is 12.7. The zero-order valence-electron chi connectivity index (χ0n) is 13.8. The largest absolute Gasteiger partial charge is 0.340 e. The summed E-state index contributed by atoms with van der Waals surface area (Å²) < 4.78 is 0. The maximum absolute atomic E-state index is 12.9. The van der Waals surface area contributed by atoms with E-state index in [9.17, 15) is 9.59 Å². The van der Waals surface area contributed by atoms with Gasteiger partial charge in [0.1, 0.15) is 5.56 Å². The number of H-pyrrole nitrogens is 1. The predicted molar refractivity (Wildman–Crippen MR) is 105 cm³/mol. The van der Waals surface area contributed by atoms with Crippen LogP contribution in [-0.2, 0) is 0 Å². The highest BCUT2D eigenvalue weighted by Crippen LogP contribution is 2.26. The number of aromatic amines is 1. The molecule has 0 radical (unpaired) electrons. The number of fused-ring (bicyclic) bond motifs is 1. The van der Waals surface area contributed by atoms with Crippen molar-refractivity contribution >= 4 is 28.1 Å². The molecule has 4 nitrogen and oxygen atoms in total. The number of carbonyl (C=O) groups is 1. The summed E-state index contributed by atoms with van der Waals surface area (Å²) in [6, 6.07) is 22.4. The molecule has 0 saturated heterocycles. The topological polar surface area (TPSA) is 62.0 Å². The van der Waals surface area contributed by atoms with E-state index in [1.165, 1.54) is 0 Å².